The van der Waals surface area contributed by atoms with Crippen LogP contribution in [0.25, 0.3) is 0 Å². The Balaban J connectivity index is 1.66. The van der Waals surface area contributed by atoms with Gasteiger partial charge in [0.1, 0.15) is 11.5 Å². The highest BCUT2D eigenvalue weighted by Crippen LogP contribution is 2.16. The predicted molar refractivity (Wildman–Crippen MR) is 94.7 cm³/mol. The van der Waals surface area contributed by atoms with E-state index in [1.165, 1.54) is 0 Å². The van der Waals surface area contributed by atoms with Crippen molar-refractivity contribution >= 4 is 5.91 Å². The fourth-order valence-corrected chi connectivity index (χ4v) is 3.18. The van der Waals surface area contributed by atoms with Crippen LogP contribution < -0.4 is 5.32 Å². The highest BCUT2D eigenvalue weighted by molar-refractivity contribution is 5.92. The Morgan fingerprint density at radius 2 is 1.96 bits per heavy atom. The van der Waals surface area contributed by atoms with Crippen molar-refractivity contribution in [3.63, 3.8) is 0 Å². The number of hydrogen-bond donors (Lipinski definition) is 1. The topological polar surface area (TPSA) is 50.2 Å². The van der Waals surface area contributed by atoms with Crippen LogP contribution in [0.5, 0.6) is 0 Å². The van der Waals surface area contributed by atoms with Crippen molar-refractivity contribution in [2.75, 3.05) is 13.1 Å². The first-order valence-electron chi connectivity index (χ1n) is 8.67. The summed E-state index contributed by atoms with van der Waals surface area (Å²) in [5, 5.41) is 3.04. The number of benzene rings is 1. The second kappa shape index (κ2) is 7.18. The summed E-state index contributed by atoms with van der Waals surface area (Å²) < 4.78 is 2.11. The number of carbonyl (C=O) groups is 1. The van der Waals surface area contributed by atoms with Crippen LogP contribution in [0.4, 0.5) is 0 Å². The van der Waals surface area contributed by atoms with Crippen molar-refractivity contribution in [3.8, 4) is 0 Å². The summed E-state index contributed by atoms with van der Waals surface area (Å²) >= 11 is 0. The van der Waals surface area contributed by atoms with Crippen molar-refractivity contribution in [2.24, 2.45) is 5.92 Å². The van der Waals surface area contributed by atoms with Gasteiger partial charge in [0.2, 0.25) is 0 Å². The van der Waals surface area contributed by atoms with Gasteiger partial charge in [0.05, 0.1) is 12.6 Å². The summed E-state index contributed by atoms with van der Waals surface area (Å²) in [6.07, 6.45) is 1.88. The largest absolute Gasteiger partial charge is 0.344 e. The maximum atomic E-state index is 12.5. The van der Waals surface area contributed by atoms with E-state index >= 15 is 0 Å². The van der Waals surface area contributed by atoms with Gasteiger partial charge in [-0.2, -0.15) is 0 Å². The molecule has 1 aliphatic rings. The number of nitrogens with one attached hydrogen (secondary N) is 1. The van der Waals surface area contributed by atoms with Crippen LogP contribution in [0.3, 0.4) is 0 Å². The first-order valence-corrected chi connectivity index (χ1v) is 8.67. The van der Waals surface area contributed by atoms with Crippen molar-refractivity contribution in [1.29, 1.82) is 0 Å². The van der Waals surface area contributed by atoms with Gasteiger partial charge in [0.25, 0.3) is 5.91 Å². The molecule has 1 aromatic heterocycles. The minimum atomic E-state index is -0.108. The zero-order valence-electron chi connectivity index (χ0n) is 14.7. The monoisotopic (exact) mass is 326 g/mol. The van der Waals surface area contributed by atoms with Crippen LogP contribution in [0, 0.1) is 5.92 Å². The van der Waals surface area contributed by atoms with Crippen molar-refractivity contribution in [1.82, 2.24) is 19.8 Å². The van der Waals surface area contributed by atoms with Crippen LogP contribution in [0.2, 0.25) is 0 Å². The van der Waals surface area contributed by atoms with Crippen molar-refractivity contribution in [2.45, 2.75) is 39.9 Å². The SMILES string of the molecule is CC(C)CN1CCn2cc(C(=O)NC(C)c3ccccc3)nc2C1. The molecule has 1 aromatic carbocycles. The van der Waals surface area contributed by atoms with Crippen LogP contribution in [0.15, 0.2) is 36.5 Å². The predicted octanol–water partition coefficient (Wildman–Crippen LogP) is 2.85. The molecule has 24 heavy (non-hydrogen) atoms. The van der Waals surface area contributed by atoms with E-state index in [4.69, 9.17) is 0 Å². The molecule has 0 saturated carbocycles. The summed E-state index contributed by atoms with van der Waals surface area (Å²) in [7, 11) is 0. The molecule has 1 amide bonds. The summed E-state index contributed by atoms with van der Waals surface area (Å²) in [6, 6.07) is 9.95. The zero-order valence-corrected chi connectivity index (χ0v) is 14.7. The third-order valence-electron chi connectivity index (χ3n) is 4.38. The van der Waals surface area contributed by atoms with E-state index in [2.05, 4.69) is 33.6 Å². The Morgan fingerprint density at radius 1 is 1.21 bits per heavy atom. The molecule has 1 N–H and O–H groups in total. The van der Waals surface area contributed by atoms with E-state index in [0.29, 0.717) is 11.6 Å². The molecule has 5 heteroatoms. The lowest BCUT2D eigenvalue weighted by atomic mass is 10.1. The molecular weight excluding hydrogens is 300 g/mol. The second-order valence-electron chi connectivity index (χ2n) is 6.97. The van der Waals surface area contributed by atoms with Crippen LogP contribution in [0.1, 0.15) is 48.7 Å². The molecular formula is C19H26N4O. The zero-order chi connectivity index (χ0) is 17.1. The number of carbonyl (C=O) groups excluding carboxylic acids is 1. The molecule has 0 saturated heterocycles. The molecule has 2 aromatic rings. The van der Waals surface area contributed by atoms with Gasteiger partial charge < -0.3 is 9.88 Å². The molecule has 0 radical (unpaired) electrons. The highest BCUT2D eigenvalue weighted by atomic mass is 16.2. The first-order chi connectivity index (χ1) is 11.5. The lowest BCUT2D eigenvalue weighted by Crippen LogP contribution is -2.35. The van der Waals surface area contributed by atoms with Gasteiger partial charge in [0, 0.05) is 25.8 Å². The van der Waals surface area contributed by atoms with Gasteiger partial charge in [0.15, 0.2) is 0 Å². The number of rotatable bonds is 5. The minimum absolute atomic E-state index is 0.0325. The van der Waals surface area contributed by atoms with E-state index in [1.807, 2.05) is 43.5 Å². The number of fused-ring (bicyclic) bond motifs is 1. The maximum absolute atomic E-state index is 12.5. The molecule has 3 rings (SSSR count). The van der Waals surface area contributed by atoms with Crippen molar-refractivity contribution in [3.05, 3.63) is 53.6 Å². The molecule has 0 aliphatic carbocycles. The fraction of sp³-hybridized carbons (Fsp3) is 0.474. The molecule has 0 fully saturated rings. The van der Waals surface area contributed by atoms with Crippen LogP contribution in [-0.2, 0) is 13.1 Å². The maximum Gasteiger partial charge on any atom is 0.271 e. The van der Waals surface area contributed by atoms with Gasteiger partial charge in [-0.3, -0.25) is 9.69 Å². The number of imidazole rings is 1. The van der Waals surface area contributed by atoms with E-state index in [1.54, 1.807) is 0 Å². The standard InChI is InChI=1S/C19H26N4O/c1-14(2)11-22-9-10-23-12-17(21-18(23)13-22)19(24)20-15(3)16-7-5-4-6-8-16/h4-8,12,14-15H,9-11,13H2,1-3H3,(H,20,24). The Kier molecular flexibility index (Phi) is 5.00. The lowest BCUT2D eigenvalue weighted by Gasteiger charge is -2.28. The number of hydrogen-bond acceptors (Lipinski definition) is 3. The Hall–Kier alpha value is -2.14. The summed E-state index contributed by atoms with van der Waals surface area (Å²) in [5.41, 5.74) is 1.61. The van der Waals surface area contributed by atoms with Crippen molar-refractivity contribution < 1.29 is 4.79 Å². The summed E-state index contributed by atoms with van der Waals surface area (Å²) in [4.78, 5) is 19.5. The van der Waals surface area contributed by atoms with E-state index < -0.39 is 0 Å². The van der Waals surface area contributed by atoms with Gasteiger partial charge in [-0.05, 0) is 18.4 Å². The normalized spacial score (nSPS) is 16.0. The average molecular weight is 326 g/mol. The molecule has 1 unspecified atom stereocenters. The number of aromatic nitrogens is 2. The highest BCUT2D eigenvalue weighted by Gasteiger charge is 2.22. The van der Waals surface area contributed by atoms with Gasteiger partial charge in [-0.15, -0.1) is 0 Å². The Morgan fingerprint density at radius 3 is 2.67 bits per heavy atom. The van der Waals surface area contributed by atoms with Gasteiger partial charge >= 0.3 is 0 Å². The smallest absolute Gasteiger partial charge is 0.271 e. The van der Waals surface area contributed by atoms with Gasteiger partial charge in [-0.1, -0.05) is 44.2 Å². The second-order valence-corrected chi connectivity index (χ2v) is 6.97. The van der Waals surface area contributed by atoms with Gasteiger partial charge in [-0.25, -0.2) is 4.98 Å². The fourth-order valence-electron chi connectivity index (χ4n) is 3.18. The summed E-state index contributed by atoms with van der Waals surface area (Å²) in [5.74, 6) is 1.52. The lowest BCUT2D eigenvalue weighted by molar-refractivity contribution is 0.0935. The third kappa shape index (κ3) is 3.85. The number of nitrogens with zero attached hydrogens (tertiary/aromatic N) is 3. The van der Waals surface area contributed by atoms with Crippen LogP contribution >= 0.6 is 0 Å². The quantitative estimate of drug-likeness (QED) is 0.919. The molecule has 0 spiro atoms. The van der Waals surface area contributed by atoms with E-state index in [-0.39, 0.29) is 11.9 Å². The molecule has 0 bridgehead atoms. The van der Waals surface area contributed by atoms with Crippen LogP contribution in [-0.4, -0.2) is 33.4 Å². The summed E-state index contributed by atoms with van der Waals surface area (Å²) in [6.45, 7) is 10.3. The first kappa shape index (κ1) is 16.7. The number of amides is 1. The molecule has 1 atom stereocenters. The Bertz CT molecular complexity index is 693. The molecule has 2 heterocycles. The average Bonchev–Trinajstić information content (AvgIpc) is 2.98. The molecule has 1 aliphatic heterocycles. The molecule has 5 nitrogen and oxygen atoms in total. The minimum Gasteiger partial charge on any atom is -0.344 e. The van der Waals surface area contributed by atoms with E-state index in [0.717, 1.165) is 37.6 Å². The van der Waals surface area contributed by atoms with E-state index in [9.17, 15) is 4.79 Å². The molecule has 128 valence electrons. The third-order valence-corrected chi connectivity index (χ3v) is 4.38. The Labute approximate surface area is 143 Å².